The minimum absolute atomic E-state index is 0.0383. The van der Waals surface area contributed by atoms with E-state index >= 15 is 0 Å². The molecular weight excluding hydrogens is 310 g/mol. The Bertz CT molecular complexity index is 596. The van der Waals surface area contributed by atoms with Gasteiger partial charge in [0.25, 0.3) is 5.69 Å². The zero-order valence-corrected chi connectivity index (χ0v) is 11.9. The van der Waals surface area contributed by atoms with Crippen LogP contribution in [-0.4, -0.2) is 4.92 Å². The van der Waals surface area contributed by atoms with Gasteiger partial charge in [0.1, 0.15) is 12.4 Å². The number of halogens is 1. The van der Waals surface area contributed by atoms with E-state index in [0.717, 1.165) is 15.6 Å². The lowest BCUT2D eigenvalue weighted by Crippen LogP contribution is -1.98. The molecule has 0 aliphatic rings. The van der Waals surface area contributed by atoms with Gasteiger partial charge in [0, 0.05) is 10.5 Å². The van der Waals surface area contributed by atoms with Gasteiger partial charge in [-0.1, -0.05) is 28.1 Å². The summed E-state index contributed by atoms with van der Waals surface area (Å²) in [6, 6.07) is 12.4. The van der Waals surface area contributed by atoms with Crippen LogP contribution < -0.4 is 4.74 Å². The topological polar surface area (TPSA) is 52.4 Å². The van der Waals surface area contributed by atoms with Crippen molar-refractivity contribution in [3.05, 3.63) is 68.2 Å². The van der Waals surface area contributed by atoms with Crippen LogP contribution in [0.15, 0.2) is 46.9 Å². The number of benzene rings is 2. The fourth-order valence-corrected chi connectivity index (χ4v) is 1.86. The van der Waals surface area contributed by atoms with E-state index in [1.54, 1.807) is 6.07 Å². The van der Waals surface area contributed by atoms with E-state index in [0.29, 0.717) is 12.4 Å². The molecule has 0 radical (unpaired) electrons. The van der Waals surface area contributed by atoms with Crippen molar-refractivity contribution in [2.24, 2.45) is 0 Å². The lowest BCUT2D eigenvalue weighted by Gasteiger charge is -2.09. The zero-order valence-electron chi connectivity index (χ0n) is 10.3. The molecule has 98 valence electrons. The molecule has 0 heterocycles. The van der Waals surface area contributed by atoms with E-state index in [9.17, 15) is 10.1 Å². The van der Waals surface area contributed by atoms with E-state index in [1.807, 2.05) is 31.2 Å². The maximum Gasteiger partial charge on any atom is 0.273 e. The van der Waals surface area contributed by atoms with Gasteiger partial charge in [-0.25, -0.2) is 0 Å². The molecule has 5 heteroatoms. The predicted molar refractivity (Wildman–Crippen MR) is 76.3 cm³/mol. The number of hydrogen-bond donors (Lipinski definition) is 0. The summed E-state index contributed by atoms with van der Waals surface area (Å²) in [6.07, 6.45) is 0. The third-order valence-corrected chi connectivity index (χ3v) is 3.22. The fraction of sp³-hybridized carbons (Fsp3) is 0.143. The molecule has 2 aromatic rings. The van der Waals surface area contributed by atoms with Crippen LogP contribution >= 0.6 is 15.9 Å². The molecule has 0 bridgehead atoms. The molecule has 0 spiro atoms. The van der Waals surface area contributed by atoms with Crippen molar-refractivity contribution in [1.82, 2.24) is 0 Å². The van der Waals surface area contributed by atoms with Crippen LogP contribution in [0.25, 0.3) is 0 Å². The van der Waals surface area contributed by atoms with Gasteiger partial charge in [-0.3, -0.25) is 10.1 Å². The Labute approximate surface area is 119 Å². The van der Waals surface area contributed by atoms with Gasteiger partial charge in [-0.05, 0) is 36.2 Å². The highest BCUT2D eigenvalue weighted by Gasteiger charge is 2.09. The SMILES string of the molecule is Cc1ccc([N+](=O)[O-])cc1OCc1ccc(Br)cc1. The number of rotatable bonds is 4. The maximum atomic E-state index is 10.7. The Kier molecular flexibility index (Phi) is 4.16. The number of nitrogens with zero attached hydrogens (tertiary/aromatic N) is 1. The van der Waals surface area contributed by atoms with Crippen LogP contribution in [0.4, 0.5) is 5.69 Å². The van der Waals surface area contributed by atoms with Crippen molar-refractivity contribution >= 4 is 21.6 Å². The molecule has 0 saturated carbocycles. The first-order chi connectivity index (χ1) is 9.06. The average molecular weight is 322 g/mol. The highest BCUT2D eigenvalue weighted by Crippen LogP contribution is 2.25. The van der Waals surface area contributed by atoms with Crippen molar-refractivity contribution in [3.63, 3.8) is 0 Å². The molecule has 0 aliphatic carbocycles. The van der Waals surface area contributed by atoms with Crippen LogP contribution in [0.5, 0.6) is 5.75 Å². The van der Waals surface area contributed by atoms with Crippen molar-refractivity contribution in [3.8, 4) is 5.75 Å². The van der Waals surface area contributed by atoms with E-state index in [2.05, 4.69) is 15.9 Å². The number of ether oxygens (including phenoxy) is 1. The van der Waals surface area contributed by atoms with E-state index in [1.165, 1.54) is 12.1 Å². The molecule has 4 nitrogen and oxygen atoms in total. The first kappa shape index (κ1) is 13.5. The molecule has 0 amide bonds. The van der Waals surface area contributed by atoms with Crippen molar-refractivity contribution in [2.75, 3.05) is 0 Å². The quantitative estimate of drug-likeness (QED) is 0.625. The molecule has 0 aromatic heterocycles. The van der Waals surface area contributed by atoms with Gasteiger partial charge in [0.2, 0.25) is 0 Å². The number of nitro groups is 1. The van der Waals surface area contributed by atoms with Crippen LogP contribution in [0.3, 0.4) is 0 Å². The van der Waals surface area contributed by atoms with Gasteiger partial charge in [-0.2, -0.15) is 0 Å². The van der Waals surface area contributed by atoms with Crippen molar-refractivity contribution < 1.29 is 9.66 Å². The Balaban J connectivity index is 2.12. The van der Waals surface area contributed by atoms with Crippen molar-refractivity contribution in [2.45, 2.75) is 13.5 Å². The summed E-state index contributed by atoms with van der Waals surface area (Å²) < 4.78 is 6.64. The Hall–Kier alpha value is -1.88. The first-order valence-corrected chi connectivity index (χ1v) is 6.48. The van der Waals surface area contributed by atoms with Crippen LogP contribution in [0.2, 0.25) is 0 Å². The lowest BCUT2D eigenvalue weighted by atomic mass is 10.2. The van der Waals surface area contributed by atoms with E-state index in [-0.39, 0.29) is 5.69 Å². The number of nitro benzene ring substituents is 1. The summed E-state index contributed by atoms with van der Waals surface area (Å²) in [4.78, 5) is 10.3. The minimum Gasteiger partial charge on any atom is -0.488 e. The van der Waals surface area contributed by atoms with Crippen LogP contribution in [0, 0.1) is 17.0 Å². The molecule has 19 heavy (non-hydrogen) atoms. The highest BCUT2D eigenvalue weighted by atomic mass is 79.9. The van der Waals surface area contributed by atoms with E-state index < -0.39 is 4.92 Å². The molecule has 0 aliphatic heterocycles. The molecule has 0 saturated heterocycles. The third-order valence-electron chi connectivity index (χ3n) is 2.69. The second-order valence-corrected chi connectivity index (χ2v) is 5.04. The molecule has 0 fully saturated rings. The molecule has 0 N–H and O–H groups in total. The Morgan fingerprint density at radius 3 is 2.53 bits per heavy atom. The second kappa shape index (κ2) is 5.84. The van der Waals surface area contributed by atoms with Gasteiger partial charge in [0.15, 0.2) is 0 Å². The molecule has 0 atom stereocenters. The third kappa shape index (κ3) is 3.54. The second-order valence-electron chi connectivity index (χ2n) is 4.12. The molecule has 2 rings (SSSR count). The predicted octanol–water partition coefficient (Wildman–Crippen LogP) is 4.24. The fourth-order valence-electron chi connectivity index (χ4n) is 1.60. The summed E-state index contributed by atoms with van der Waals surface area (Å²) in [5.41, 5.74) is 1.92. The summed E-state index contributed by atoms with van der Waals surface area (Å²) in [5, 5.41) is 10.7. The smallest absolute Gasteiger partial charge is 0.273 e. The van der Waals surface area contributed by atoms with Crippen molar-refractivity contribution in [1.29, 1.82) is 0 Å². The van der Waals surface area contributed by atoms with Gasteiger partial charge < -0.3 is 4.74 Å². The maximum absolute atomic E-state index is 10.7. The number of hydrogen-bond acceptors (Lipinski definition) is 3. The summed E-state index contributed by atoms with van der Waals surface area (Å²) in [7, 11) is 0. The average Bonchev–Trinajstić information content (AvgIpc) is 2.39. The largest absolute Gasteiger partial charge is 0.488 e. The monoisotopic (exact) mass is 321 g/mol. The molecule has 2 aromatic carbocycles. The Morgan fingerprint density at radius 1 is 1.21 bits per heavy atom. The number of non-ortho nitro benzene ring substituents is 1. The number of aryl methyl sites for hydroxylation is 1. The molecular formula is C14H12BrNO3. The Morgan fingerprint density at radius 2 is 1.89 bits per heavy atom. The minimum atomic E-state index is -0.425. The van der Waals surface area contributed by atoms with Gasteiger partial charge in [-0.15, -0.1) is 0 Å². The zero-order chi connectivity index (χ0) is 13.8. The van der Waals surface area contributed by atoms with E-state index in [4.69, 9.17) is 4.74 Å². The lowest BCUT2D eigenvalue weighted by molar-refractivity contribution is -0.385. The standard InChI is InChI=1S/C14H12BrNO3/c1-10-2-7-13(16(17)18)8-14(10)19-9-11-3-5-12(15)6-4-11/h2-8H,9H2,1H3. The summed E-state index contributed by atoms with van der Waals surface area (Å²) >= 11 is 3.36. The molecule has 0 unspecified atom stereocenters. The summed E-state index contributed by atoms with van der Waals surface area (Å²) in [5.74, 6) is 0.539. The normalized spacial score (nSPS) is 10.2. The van der Waals surface area contributed by atoms with Gasteiger partial charge >= 0.3 is 0 Å². The highest BCUT2D eigenvalue weighted by molar-refractivity contribution is 9.10. The van der Waals surface area contributed by atoms with Crippen LogP contribution in [-0.2, 0) is 6.61 Å². The summed E-state index contributed by atoms with van der Waals surface area (Å²) in [6.45, 7) is 2.25. The first-order valence-electron chi connectivity index (χ1n) is 5.68. The van der Waals surface area contributed by atoms with Gasteiger partial charge in [0.05, 0.1) is 11.0 Å². The van der Waals surface area contributed by atoms with Crippen LogP contribution in [0.1, 0.15) is 11.1 Å².